The van der Waals surface area contributed by atoms with Gasteiger partial charge in [-0.2, -0.15) is 0 Å². The summed E-state index contributed by atoms with van der Waals surface area (Å²) in [4.78, 5) is 65.9. The molecule has 0 bridgehead atoms. The molecule has 2 fully saturated rings. The SMILES string of the molecule is Cc1c(-c2cc3cc(N(C(N)=O)C4CC5(C4)CN(C(=O)OC(C)(C)C)C5)ncc3c(NC(=O)OC(C)(C)C)c2F)cnc2c1N(C(=O)OC(C)(C)C)CCC2. The molecule has 296 valence electrons. The third-order valence-corrected chi connectivity index (χ3v) is 9.81. The number of fused-ring (bicyclic) bond motifs is 2. The lowest BCUT2D eigenvalue weighted by Crippen LogP contribution is -2.68. The Balaban J connectivity index is 1.38. The molecule has 55 heavy (non-hydrogen) atoms. The summed E-state index contributed by atoms with van der Waals surface area (Å²) >= 11 is 0. The smallest absolute Gasteiger partial charge is 0.414 e. The monoisotopic (exact) mass is 761 g/mol. The number of rotatable bonds is 4. The summed E-state index contributed by atoms with van der Waals surface area (Å²) < 4.78 is 33.6. The number of pyridine rings is 2. The van der Waals surface area contributed by atoms with Gasteiger partial charge in [-0.3, -0.25) is 20.1 Å². The van der Waals surface area contributed by atoms with E-state index in [0.29, 0.717) is 73.2 Å². The van der Waals surface area contributed by atoms with E-state index in [2.05, 4.69) is 15.3 Å². The molecule has 6 rings (SSSR count). The maximum atomic E-state index is 16.9. The van der Waals surface area contributed by atoms with Gasteiger partial charge in [-0.15, -0.1) is 0 Å². The predicted molar refractivity (Wildman–Crippen MR) is 207 cm³/mol. The summed E-state index contributed by atoms with van der Waals surface area (Å²) in [6, 6.07) is 2.25. The van der Waals surface area contributed by atoms with E-state index in [0.717, 1.165) is 0 Å². The minimum absolute atomic E-state index is 0.100. The molecule has 5 amide bonds. The Bertz CT molecular complexity index is 2050. The summed E-state index contributed by atoms with van der Waals surface area (Å²) in [7, 11) is 0. The van der Waals surface area contributed by atoms with E-state index in [1.165, 1.54) is 11.1 Å². The fourth-order valence-electron chi connectivity index (χ4n) is 7.67. The minimum atomic E-state index is -0.871. The molecule has 1 aromatic carbocycles. The third kappa shape index (κ3) is 8.25. The molecule has 2 aromatic heterocycles. The van der Waals surface area contributed by atoms with Gasteiger partial charge in [0.25, 0.3) is 0 Å². The second-order valence-corrected chi connectivity index (χ2v) is 17.9. The highest BCUT2D eigenvalue weighted by molar-refractivity contribution is 6.05. The maximum absolute atomic E-state index is 16.9. The van der Waals surface area contributed by atoms with E-state index >= 15 is 4.39 Å². The van der Waals surface area contributed by atoms with Gasteiger partial charge in [-0.1, -0.05) is 0 Å². The first-order valence-corrected chi connectivity index (χ1v) is 18.6. The number of likely N-dealkylation sites (tertiary alicyclic amines) is 1. The van der Waals surface area contributed by atoms with Crippen molar-refractivity contribution in [2.24, 2.45) is 11.1 Å². The van der Waals surface area contributed by atoms with Crippen molar-refractivity contribution < 1.29 is 37.8 Å². The number of primary amides is 1. The predicted octanol–water partition coefficient (Wildman–Crippen LogP) is 8.06. The number of hydrogen-bond donors (Lipinski definition) is 2. The van der Waals surface area contributed by atoms with Crippen LogP contribution in [0, 0.1) is 18.2 Å². The number of carbonyl (C=O) groups is 4. The van der Waals surface area contributed by atoms with Crippen LogP contribution < -0.4 is 20.9 Å². The van der Waals surface area contributed by atoms with E-state index in [1.807, 2.05) is 20.8 Å². The number of carbonyl (C=O) groups excluding carboxylic acids is 4. The number of halogens is 1. The molecule has 1 aliphatic carbocycles. The van der Waals surface area contributed by atoms with Crippen molar-refractivity contribution in [1.29, 1.82) is 0 Å². The lowest BCUT2D eigenvalue weighted by Gasteiger charge is -2.60. The van der Waals surface area contributed by atoms with Crippen LogP contribution in [0.3, 0.4) is 0 Å². The molecule has 2 aliphatic heterocycles. The van der Waals surface area contributed by atoms with Crippen LogP contribution in [0.2, 0.25) is 0 Å². The van der Waals surface area contributed by atoms with Crippen LogP contribution in [0.1, 0.15) is 92.8 Å². The van der Waals surface area contributed by atoms with E-state index in [4.69, 9.17) is 19.9 Å². The zero-order chi connectivity index (χ0) is 40.4. The number of aryl methyl sites for hydroxylation is 1. The van der Waals surface area contributed by atoms with E-state index in [-0.39, 0.29) is 40.0 Å². The topological polar surface area (TPSA) is 170 Å². The van der Waals surface area contributed by atoms with E-state index in [9.17, 15) is 19.2 Å². The average Bonchev–Trinajstić information content (AvgIpc) is 3.00. The molecule has 3 aromatic rings. The number of benzene rings is 1. The summed E-state index contributed by atoms with van der Waals surface area (Å²) in [5, 5.41) is 3.31. The fourth-order valence-corrected chi connectivity index (χ4v) is 7.67. The largest absolute Gasteiger partial charge is 0.444 e. The molecular weight excluding hydrogens is 709 g/mol. The average molecular weight is 762 g/mol. The van der Waals surface area contributed by atoms with Crippen molar-refractivity contribution >= 4 is 52.3 Å². The van der Waals surface area contributed by atoms with Crippen molar-refractivity contribution in [2.75, 3.05) is 34.8 Å². The first-order chi connectivity index (χ1) is 25.4. The van der Waals surface area contributed by atoms with Crippen LogP contribution in [0.5, 0.6) is 0 Å². The Hall–Kier alpha value is -5.21. The Kier molecular flexibility index (Phi) is 9.92. The van der Waals surface area contributed by atoms with Gasteiger partial charge < -0.3 is 24.8 Å². The van der Waals surface area contributed by atoms with Gasteiger partial charge in [0.15, 0.2) is 5.82 Å². The molecule has 3 N–H and O–H groups in total. The number of urea groups is 1. The molecule has 0 atom stereocenters. The zero-order valence-corrected chi connectivity index (χ0v) is 33.4. The number of amides is 5. The highest BCUT2D eigenvalue weighted by Crippen LogP contribution is 2.51. The molecule has 14 nitrogen and oxygen atoms in total. The Morgan fingerprint density at radius 3 is 2.11 bits per heavy atom. The van der Waals surface area contributed by atoms with Gasteiger partial charge >= 0.3 is 24.3 Å². The quantitative estimate of drug-likeness (QED) is 0.250. The Morgan fingerprint density at radius 1 is 0.891 bits per heavy atom. The van der Waals surface area contributed by atoms with Crippen LogP contribution in [-0.2, 0) is 20.6 Å². The number of anilines is 3. The lowest BCUT2D eigenvalue weighted by molar-refractivity contribution is -0.0769. The molecule has 1 spiro atoms. The molecular formula is C40H52FN7O7. The third-order valence-electron chi connectivity index (χ3n) is 9.81. The molecule has 3 aliphatic rings. The van der Waals surface area contributed by atoms with Gasteiger partial charge in [0, 0.05) is 60.0 Å². The molecule has 1 saturated heterocycles. The Labute approximate surface area is 320 Å². The number of nitrogens with zero attached hydrogens (tertiary/aromatic N) is 5. The summed E-state index contributed by atoms with van der Waals surface area (Å²) in [6.45, 7) is 19.2. The van der Waals surface area contributed by atoms with Crippen LogP contribution in [0.15, 0.2) is 24.5 Å². The molecule has 1 saturated carbocycles. The van der Waals surface area contributed by atoms with Crippen molar-refractivity contribution in [2.45, 2.75) is 118 Å². The van der Waals surface area contributed by atoms with Crippen molar-refractivity contribution in [1.82, 2.24) is 14.9 Å². The van der Waals surface area contributed by atoms with Gasteiger partial charge in [0.1, 0.15) is 22.6 Å². The molecule has 4 heterocycles. The highest BCUT2D eigenvalue weighted by Gasteiger charge is 2.56. The number of nitrogens with two attached hydrogens (primary N) is 1. The highest BCUT2D eigenvalue weighted by atomic mass is 19.1. The second kappa shape index (κ2) is 13.8. The summed E-state index contributed by atoms with van der Waals surface area (Å²) in [5.41, 5.74) is 5.76. The van der Waals surface area contributed by atoms with Crippen molar-refractivity contribution in [3.05, 3.63) is 41.6 Å². The number of aromatic nitrogens is 2. The maximum Gasteiger partial charge on any atom is 0.414 e. The first kappa shape index (κ1) is 39.5. The standard InChI is InChI=1S/C40H52FN7O7/c1-22-26(18-43-28-12-11-13-47(32(22)28)36(52)55-39(8,9)10)25-14-23-15-29(44-19-27(23)31(30(25)41)45-34(50)53-37(2,3)4)48(33(42)49)24-16-40(17-24)20-46(21-40)35(51)54-38(5,6)7/h14-15,18-19,24H,11-13,16-17,20-21H2,1-10H3,(H2,42,49)(H,45,50). The summed E-state index contributed by atoms with van der Waals surface area (Å²) in [6.07, 6.45) is 3.70. The number of nitrogens with one attached hydrogen (secondary N) is 1. The van der Waals surface area contributed by atoms with Gasteiger partial charge in [0.05, 0.1) is 17.1 Å². The van der Waals surface area contributed by atoms with E-state index in [1.54, 1.807) is 76.6 Å². The van der Waals surface area contributed by atoms with Crippen LogP contribution >= 0.6 is 0 Å². The van der Waals surface area contributed by atoms with Crippen molar-refractivity contribution in [3.8, 4) is 11.1 Å². The number of hydrogen-bond acceptors (Lipinski definition) is 9. The minimum Gasteiger partial charge on any atom is -0.444 e. The normalized spacial score (nSPS) is 16.9. The fraction of sp³-hybridized carbons (Fsp3) is 0.550. The number of ether oxygens (including phenoxy) is 3. The van der Waals surface area contributed by atoms with Crippen LogP contribution in [0.4, 0.5) is 40.8 Å². The zero-order valence-electron chi connectivity index (χ0n) is 33.4. The van der Waals surface area contributed by atoms with Gasteiger partial charge in [-0.05, 0) is 118 Å². The molecule has 0 unspecified atom stereocenters. The molecule has 15 heteroatoms. The van der Waals surface area contributed by atoms with Crippen LogP contribution in [0.25, 0.3) is 21.9 Å². The van der Waals surface area contributed by atoms with E-state index < -0.39 is 40.8 Å². The Morgan fingerprint density at radius 2 is 1.51 bits per heavy atom. The van der Waals surface area contributed by atoms with Gasteiger partial charge in [0.2, 0.25) is 0 Å². The summed E-state index contributed by atoms with van der Waals surface area (Å²) in [5.74, 6) is -0.509. The van der Waals surface area contributed by atoms with Crippen LogP contribution in [-0.4, -0.2) is 81.7 Å². The van der Waals surface area contributed by atoms with Gasteiger partial charge in [-0.25, -0.2) is 28.6 Å². The molecule has 0 radical (unpaired) electrons. The van der Waals surface area contributed by atoms with Crippen molar-refractivity contribution in [3.63, 3.8) is 0 Å². The first-order valence-electron chi connectivity index (χ1n) is 18.6. The second-order valence-electron chi connectivity index (χ2n) is 17.9. The lowest BCUT2D eigenvalue weighted by atomic mass is 9.60.